The van der Waals surface area contributed by atoms with E-state index in [0.29, 0.717) is 22.3 Å². The SMILES string of the molecule is Cc1cc(C(O)c2cccc(C)c2F)cc(C)c1F. The van der Waals surface area contributed by atoms with Crippen molar-refractivity contribution >= 4 is 0 Å². The molecule has 1 atom stereocenters. The maximum absolute atomic E-state index is 14.0. The van der Waals surface area contributed by atoms with Gasteiger partial charge in [0.15, 0.2) is 0 Å². The van der Waals surface area contributed by atoms with E-state index >= 15 is 0 Å². The summed E-state index contributed by atoms with van der Waals surface area (Å²) in [6.45, 7) is 4.91. The van der Waals surface area contributed by atoms with Gasteiger partial charge in [0.2, 0.25) is 0 Å². The van der Waals surface area contributed by atoms with Crippen LogP contribution in [-0.2, 0) is 0 Å². The third-order valence-corrected chi connectivity index (χ3v) is 3.29. The predicted octanol–water partition coefficient (Wildman–Crippen LogP) is 3.97. The topological polar surface area (TPSA) is 20.2 Å². The van der Waals surface area contributed by atoms with Gasteiger partial charge in [0, 0.05) is 5.56 Å². The van der Waals surface area contributed by atoms with Gasteiger partial charge < -0.3 is 5.11 Å². The highest BCUT2D eigenvalue weighted by molar-refractivity contribution is 5.38. The largest absolute Gasteiger partial charge is 0.384 e. The van der Waals surface area contributed by atoms with Crippen LogP contribution >= 0.6 is 0 Å². The number of aryl methyl sites for hydroxylation is 3. The second-order valence-electron chi connectivity index (χ2n) is 4.85. The molecule has 0 aliphatic heterocycles. The summed E-state index contributed by atoms with van der Waals surface area (Å²) in [7, 11) is 0. The fourth-order valence-corrected chi connectivity index (χ4v) is 2.20. The fraction of sp³-hybridized carbons (Fsp3) is 0.250. The molecule has 2 rings (SSSR count). The number of aliphatic hydroxyl groups is 1. The number of halogens is 2. The third-order valence-electron chi connectivity index (χ3n) is 3.29. The van der Waals surface area contributed by atoms with E-state index in [1.165, 1.54) is 0 Å². The molecular formula is C16H16F2O. The van der Waals surface area contributed by atoms with E-state index in [1.807, 2.05) is 0 Å². The Morgan fingerprint density at radius 3 is 2.05 bits per heavy atom. The molecule has 0 aliphatic carbocycles. The molecule has 2 aromatic rings. The lowest BCUT2D eigenvalue weighted by Gasteiger charge is -2.15. The minimum Gasteiger partial charge on any atom is -0.384 e. The maximum atomic E-state index is 14.0. The molecule has 3 heteroatoms. The van der Waals surface area contributed by atoms with Gasteiger partial charge in [-0.1, -0.05) is 30.3 Å². The standard InChI is InChI=1S/C16H16F2O/c1-9-5-4-6-13(15(9)18)16(19)12-7-10(2)14(17)11(3)8-12/h4-8,16,19H,1-3H3. The molecule has 0 bridgehead atoms. The molecular weight excluding hydrogens is 246 g/mol. The van der Waals surface area contributed by atoms with Crippen molar-refractivity contribution in [2.75, 3.05) is 0 Å². The molecule has 2 aromatic carbocycles. The summed E-state index contributed by atoms with van der Waals surface area (Å²) in [6.07, 6.45) is -1.09. The van der Waals surface area contributed by atoms with Crippen molar-refractivity contribution in [1.82, 2.24) is 0 Å². The summed E-state index contributed by atoms with van der Waals surface area (Å²) in [4.78, 5) is 0. The maximum Gasteiger partial charge on any atom is 0.132 e. The quantitative estimate of drug-likeness (QED) is 0.868. The first kappa shape index (κ1) is 13.7. The van der Waals surface area contributed by atoms with Crippen molar-refractivity contribution in [2.24, 2.45) is 0 Å². The molecule has 0 fully saturated rings. The molecule has 0 aromatic heterocycles. The van der Waals surface area contributed by atoms with Crippen LogP contribution in [-0.4, -0.2) is 5.11 Å². The van der Waals surface area contributed by atoms with Gasteiger partial charge in [0.25, 0.3) is 0 Å². The van der Waals surface area contributed by atoms with E-state index in [0.717, 1.165) is 0 Å². The Hall–Kier alpha value is -1.74. The Labute approximate surface area is 111 Å². The molecule has 0 saturated carbocycles. The molecule has 1 N–H and O–H groups in total. The van der Waals surface area contributed by atoms with E-state index < -0.39 is 11.9 Å². The second kappa shape index (κ2) is 5.10. The summed E-state index contributed by atoms with van der Waals surface area (Å²) in [5.74, 6) is -0.713. The van der Waals surface area contributed by atoms with Crippen LogP contribution in [0.15, 0.2) is 30.3 Å². The molecule has 19 heavy (non-hydrogen) atoms. The summed E-state index contributed by atoms with van der Waals surface area (Å²) < 4.78 is 27.5. The zero-order valence-electron chi connectivity index (χ0n) is 11.2. The van der Waals surface area contributed by atoms with Gasteiger partial charge in [-0.15, -0.1) is 0 Å². The van der Waals surface area contributed by atoms with Gasteiger partial charge in [-0.05, 0) is 43.0 Å². The average molecular weight is 262 g/mol. The number of hydrogen-bond acceptors (Lipinski definition) is 1. The van der Waals surface area contributed by atoms with Gasteiger partial charge in [-0.25, -0.2) is 8.78 Å². The number of benzene rings is 2. The number of aliphatic hydroxyl groups excluding tert-OH is 1. The highest BCUT2D eigenvalue weighted by Crippen LogP contribution is 2.28. The molecule has 0 saturated heterocycles. The Morgan fingerprint density at radius 1 is 0.895 bits per heavy atom. The molecule has 0 radical (unpaired) electrons. The van der Waals surface area contributed by atoms with Crippen molar-refractivity contribution < 1.29 is 13.9 Å². The van der Waals surface area contributed by atoms with Crippen molar-refractivity contribution in [3.8, 4) is 0 Å². The monoisotopic (exact) mass is 262 g/mol. The van der Waals surface area contributed by atoms with Crippen molar-refractivity contribution in [2.45, 2.75) is 26.9 Å². The lowest BCUT2D eigenvalue weighted by molar-refractivity contribution is 0.214. The molecule has 100 valence electrons. The predicted molar refractivity (Wildman–Crippen MR) is 71.1 cm³/mol. The first-order valence-corrected chi connectivity index (χ1v) is 6.11. The van der Waals surface area contributed by atoms with E-state index in [4.69, 9.17) is 0 Å². The molecule has 0 heterocycles. The van der Waals surface area contributed by atoms with E-state index in [9.17, 15) is 13.9 Å². The van der Waals surface area contributed by atoms with Crippen LogP contribution < -0.4 is 0 Å². The minimum absolute atomic E-state index is 0.213. The van der Waals surface area contributed by atoms with Gasteiger partial charge in [-0.2, -0.15) is 0 Å². The average Bonchev–Trinajstić information content (AvgIpc) is 2.38. The smallest absolute Gasteiger partial charge is 0.132 e. The molecule has 1 nitrogen and oxygen atoms in total. The Balaban J connectivity index is 2.50. The van der Waals surface area contributed by atoms with Gasteiger partial charge in [0.05, 0.1) is 0 Å². The Bertz CT molecular complexity index is 597. The highest BCUT2D eigenvalue weighted by atomic mass is 19.1. The molecule has 0 aliphatic rings. The van der Waals surface area contributed by atoms with Crippen LogP contribution in [0, 0.1) is 32.4 Å². The zero-order valence-corrected chi connectivity index (χ0v) is 11.2. The zero-order chi connectivity index (χ0) is 14.2. The van der Waals surface area contributed by atoms with Crippen molar-refractivity contribution in [3.63, 3.8) is 0 Å². The van der Waals surface area contributed by atoms with E-state index in [2.05, 4.69) is 0 Å². The number of rotatable bonds is 2. The van der Waals surface area contributed by atoms with Crippen molar-refractivity contribution in [3.05, 3.63) is 69.8 Å². The Kier molecular flexibility index (Phi) is 3.67. The van der Waals surface area contributed by atoms with Crippen LogP contribution in [0.3, 0.4) is 0 Å². The van der Waals surface area contributed by atoms with E-state index in [-0.39, 0.29) is 11.4 Å². The fourth-order valence-electron chi connectivity index (χ4n) is 2.20. The van der Waals surface area contributed by atoms with Crippen LogP contribution in [0.4, 0.5) is 8.78 Å². The number of hydrogen-bond donors (Lipinski definition) is 1. The Morgan fingerprint density at radius 2 is 1.47 bits per heavy atom. The lowest BCUT2D eigenvalue weighted by atomic mass is 9.96. The summed E-state index contributed by atoms with van der Waals surface area (Å²) in [5.41, 5.74) is 2.09. The molecule has 0 spiro atoms. The second-order valence-corrected chi connectivity index (χ2v) is 4.85. The molecule has 0 amide bonds. The van der Waals surface area contributed by atoms with Crippen LogP contribution in [0.5, 0.6) is 0 Å². The highest BCUT2D eigenvalue weighted by Gasteiger charge is 2.17. The van der Waals surface area contributed by atoms with Crippen molar-refractivity contribution in [1.29, 1.82) is 0 Å². The first-order chi connectivity index (χ1) is 8.91. The molecule has 1 unspecified atom stereocenters. The summed E-state index contributed by atoms with van der Waals surface area (Å²) in [6, 6.07) is 7.98. The van der Waals surface area contributed by atoms with Gasteiger partial charge in [-0.3, -0.25) is 0 Å². The van der Waals surface area contributed by atoms with Gasteiger partial charge >= 0.3 is 0 Å². The van der Waals surface area contributed by atoms with Crippen LogP contribution in [0.2, 0.25) is 0 Å². The summed E-state index contributed by atoms with van der Waals surface area (Å²) in [5, 5.41) is 10.3. The normalized spacial score (nSPS) is 12.5. The third kappa shape index (κ3) is 2.51. The van der Waals surface area contributed by atoms with E-state index in [1.54, 1.807) is 51.1 Å². The first-order valence-electron chi connectivity index (χ1n) is 6.11. The lowest BCUT2D eigenvalue weighted by Crippen LogP contribution is -2.05. The summed E-state index contributed by atoms with van der Waals surface area (Å²) >= 11 is 0. The van der Waals surface area contributed by atoms with Gasteiger partial charge in [0.1, 0.15) is 17.7 Å². The minimum atomic E-state index is -1.09. The van der Waals surface area contributed by atoms with Crippen LogP contribution in [0.1, 0.15) is 33.9 Å². The van der Waals surface area contributed by atoms with Crippen LogP contribution in [0.25, 0.3) is 0 Å².